The van der Waals surface area contributed by atoms with Gasteiger partial charge < -0.3 is 20.5 Å². The third-order valence-corrected chi connectivity index (χ3v) is 2.80. The summed E-state index contributed by atoms with van der Waals surface area (Å²) in [6.07, 6.45) is 3.24. The number of nitrogens with two attached hydrogens (primary N) is 1. The number of aliphatic carboxylic acids is 1. The van der Waals surface area contributed by atoms with Gasteiger partial charge in [-0.3, -0.25) is 9.59 Å². The number of nitrogens with zero attached hydrogens (tertiary/aromatic N) is 1. The Hall–Kier alpha value is -1.82. The Labute approximate surface area is 105 Å². The summed E-state index contributed by atoms with van der Waals surface area (Å²) in [5.41, 5.74) is 5.75. The molecule has 0 aromatic carbocycles. The smallest absolute Gasteiger partial charge is 0.320 e. The molecule has 0 spiro atoms. The summed E-state index contributed by atoms with van der Waals surface area (Å²) >= 11 is 0. The molecule has 0 aliphatic rings. The van der Waals surface area contributed by atoms with E-state index in [1.54, 1.807) is 11.5 Å². The van der Waals surface area contributed by atoms with E-state index in [0.29, 0.717) is 19.4 Å². The van der Waals surface area contributed by atoms with Gasteiger partial charge in [0.05, 0.1) is 0 Å². The van der Waals surface area contributed by atoms with Crippen molar-refractivity contribution < 1.29 is 15.0 Å². The molecule has 0 aliphatic heterocycles. The molecule has 0 radical (unpaired) electrons. The molecule has 1 heterocycles. The van der Waals surface area contributed by atoms with E-state index >= 15 is 0 Å². The fourth-order valence-electron chi connectivity index (χ4n) is 1.67. The maximum Gasteiger partial charge on any atom is 0.320 e. The zero-order valence-corrected chi connectivity index (χ0v) is 10.3. The molecule has 0 aliphatic carbocycles. The van der Waals surface area contributed by atoms with Gasteiger partial charge >= 0.3 is 5.97 Å². The van der Waals surface area contributed by atoms with E-state index in [1.165, 1.54) is 12.3 Å². The van der Waals surface area contributed by atoms with Gasteiger partial charge in [0, 0.05) is 24.5 Å². The van der Waals surface area contributed by atoms with E-state index in [0.717, 1.165) is 12.1 Å². The Morgan fingerprint density at radius 1 is 1.50 bits per heavy atom. The van der Waals surface area contributed by atoms with Crippen LogP contribution in [0.3, 0.4) is 0 Å². The van der Waals surface area contributed by atoms with Gasteiger partial charge in [0.25, 0.3) is 0 Å². The largest absolute Gasteiger partial charge is 0.503 e. The summed E-state index contributed by atoms with van der Waals surface area (Å²) in [4.78, 5) is 21.6. The van der Waals surface area contributed by atoms with Crippen LogP contribution in [0.2, 0.25) is 0 Å². The number of carboxylic acids is 1. The van der Waals surface area contributed by atoms with E-state index < -0.39 is 17.4 Å². The minimum absolute atomic E-state index is 0.275. The van der Waals surface area contributed by atoms with Crippen molar-refractivity contribution in [3.8, 4) is 5.75 Å². The highest BCUT2D eigenvalue weighted by Crippen LogP contribution is 2.07. The summed E-state index contributed by atoms with van der Waals surface area (Å²) in [7, 11) is 0. The predicted octanol–water partition coefficient (Wildman–Crippen LogP) is 0.445. The summed E-state index contributed by atoms with van der Waals surface area (Å²) in [5, 5.41) is 17.9. The zero-order chi connectivity index (χ0) is 13.7. The molecule has 0 bridgehead atoms. The second-order valence-corrected chi connectivity index (χ2v) is 4.30. The molecule has 0 amide bonds. The normalized spacial score (nSPS) is 12.3. The summed E-state index contributed by atoms with van der Waals surface area (Å²) in [6, 6.07) is 0.548. The van der Waals surface area contributed by atoms with Gasteiger partial charge in [-0.2, -0.15) is 0 Å². The maximum absolute atomic E-state index is 11.1. The van der Waals surface area contributed by atoms with Crippen LogP contribution in [-0.2, 0) is 11.3 Å². The van der Waals surface area contributed by atoms with Crippen molar-refractivity contribution in [3.63, 3.8) is 0 Å². The fraction of sp³-hybridized carbons (Fsp3) is 0.500. The Morgan fingerprint density at radius 2 is 2.17 bits per heavy atom. The van der Waals surface area contributed by atoms with Gasteiger partial charge in [-0.1, -0.05) is 0 Å². The standard InChI is InChI=1S/C12H18N2O4/c1-8-6-10(15)11(16)7-14(8)5-3-2-4-9(13)12(17)18/h6-7,9,16H,2-5,13H2,1H3,(H,17,18)/t9-/m0/s1. The predicted molar refractivity (Wildman–Crippen MR) is 66.6 cm³/mol. The van der Waals surface area contributed by atoms with Crippen molar-refractivity contribution in [2.75, 3.05) is 0 Å². The average molecular weight is 254 g/mol. The number of aromatic nitrogens is 1. The number of hydrogen-bond donors (Lipinski definition) is 3. The van der Waals surface area contributed by atoms with Gasteiger partial charge in [-0.25, -0.2) is 0 Å². The highest BCUT2D eigenvalue weighted by atomic mass is 16.4. The molecule has 18 heavy (non-hydrogen) atoms. The topological polar surface area (TPSA) is 106 Å². The van der Waals surface area contributed by atoms with Crippen molar-refractivity contribution >= 4 is 5.97 Å². The number of pyridine rings is 1. The highest BCUT2D eigenvalue weighted by Gasteiger charge is 2.10. The molecule has 1 aromatic rings. The quantitative estimate of drug-likeness (QED) is 0.639. The van der Waals surface area contributed by atoms with Crippen LogP contribution >= 0.6 is 0 Å². The van der Waals surface area contributed by atoms with Crippen LogP contribution in [0.25, 0.3) is 0 Å². The van der Waals surface area contributed by atoms with E-state index in [1.807, 2.05) is 0 Å². The Bertz CT molecular complexity index is 481. The number of unbranched alkanes of at least 4 members (excludes halogenated alkanes) is 1. The third kappa shape index (κ3) is 3.89. The highest BCUT2D eigenvalue weighted by molar-refractivity contribution is 5.72. The number of carboxylic acid groups (broad SMARTS) is 1. The van der Waals surface area contributed by atoms with E-state index in [9.17, 15) is 14.7 Å². The van der Waals surface area contributed by atoms with E-state index in [2.05, 4.69) is 0 Å². The molecule has 4 N–H and O–H groups in total. The van der Waals surface area contributed by atoms with Crippen LogP contribution < -0.4 is 11.2 Å². The zero-order valence-electron chi connectivity index (χ0n) is 10.3. The third-order valence-electron chi connectivity index (χ3n) is 2.80. The van der Waals surface area contributed by atoms with Crippen LogP contribution in [0.1, 0.15) is 25.0 Å². The van der Waals surface area contributed by atoms with E-state index in [-0.39, 0.29) is 5.75 Å². The Morgan fingerprint density at radius 3 is 2.78 bits per heavy atom. The summed E-state index contributed by atoms with van der Waals surface area (Å²) in [5.74, 6) is -1.27. The monoisotopic (exact) mass is 254 g/mol. The van der Waals surface area contributed by atoms with E-state index in [4.69, 9.17) is 10.8 Å². The van der Waals surface area contributed by atoms with Gasteiger partial charge in [-0.15, -0.1) is 0 Å². The molecule has 0 saturated heterocycles. The molecule has 1 rings (SSSR count). The van der Waals surface area contributed by atoms with Crippen LogP contribution in [0.15, 0.2) is 17.1 Å². The maximum atomic E-state index is 11.1. The molecule has 6 nitrogen and oxygen atoms in total. The lowest BCUT2D eigenvalue weighted by Crippen LogP contribution is -2.29. The second kappa shape index (κ2) is 6.20. The average Bonchev–Trinajstić information content (AvgIpc) is 2.30. The van der Waals surface area contributed by atoms with Crippen LogP contribution in [0, 0.1) is 6.92 Å². The van der Waals surface area contributed by atoms with Crippen molar-refractivity contribution in [1.82, 2.24) is 4.57 Å². The number of aromatic hydroxyl groups is 1. The molecule has 6 heteroatoms. The van der Waals surface area contributed by atoms with Crippen LogP contribution in [0.5, 0.6) is 5.75 Å². The molecular formula is C12H18N2O4. The minimum atomic E-state index is -0.993. The van der Waals surface area contributed by atoms with Crippen molar-refractivity contribution in [2.45, 2.75) is 38.8 Å². The number of rotatable bonds is 6. The van der Waals surface area contributed by atoms with Gasteiger partial charge in [0.15, 0.2) is 5.75 Å². The SMILES string of the molecule is Cc1cc(=O)c(O)cn1CCCC[C@H](N)C(=O)O. The molecule has 1 atom stereocenters. The minimum Gasteiger partial charge on any atom is -0.503 e. The molecule has 0 unspecified atom stereocenters. The summed E-state index contributed by atoms with van der Waals surface area (Å²) < 4.78 is 1.77. The fourth-order valence-corrected chi connectivity index (χ4v) is 1.67. The Kier molecular flexibility index (Phi) is 4.91. The first-order valence-corrected chi connectivity index (χ1v) is 5.80. The first-order valence-electron chi connectivity index (χ1n) is 5.80. The van der Waals surface area contributed by atoms with Gasteiger partial charge in [0.1, 0.15) is 6.04 Å². The van der Waals surface area contributed by atoms with Crippen molar-refractivity contribution in [1.29, 1.82) is 0 Å². The molecule has 100 valence electrons. The lowest BCUT2D eigenvalue weighted by molar-refractivity contribution is -0.138. The van der Waals surface area contributed by atoms with Crippen LogP contribution in [0.4, 0.5) is 0 Å². The molecule has 0 fully saturated rings. The lowest BCUT2D eigenvalue weighted by Gasteiger charge is -2.11. The number of hydrogen-bond acceptors (Lipinski definition) is 4. The molecule has 0 saturated carbocycles. The second-order valence-electron chi connectivity index (χ2n) is 4.30. The molecule has 1 aromatic heterocycles. The number of aryl methyl sites for hydroxylation is 2. The summed E-state index contributed by atoms with van der Waals surface area (Å²) in [6.45, 7) is 2.40. The van der Waals surface area contributed by atoms with Gasteiger partial charge in [-0.05, 0) is 26.2 Å². The first kappa shape index (κ1) is 14.2. The van der Waals surface area contributed by atoms with Crippen molar-refractivity contribution in [3.05, 3.63) is 28.2 Å². The lowest BCUT2D eigenvalue weighted by atomic mass is 10.1. The number of carbonyl (C=O) groups is 1. The molecular weight excluding hydrogens is 236 g/mol. The van der Waals surface area contributed by atoms with Crippen LogP contribution in [-0.4, -0.2) is 26.8 Å². The van der Waals surface area contributed by atoms with Crippen molar-refractivity contribution in [2.24, 2.45) is 5.73 Å². The first-order chi connectivity index (χ1) is 8.41. The van der Waals surface area contributed by atoms with Gasteiger partial charge in [0.2, 0.25) is 5.43 Å². The Balaban J connectivity index is 2.47.